The topological polar surface area (TPSA) is 500 Å². The Labute approximate surface area is 752 Å². The summed E-state index contributed by atoms with van der Waals surface area (Å²) in [7, 11) is 5.29. The summed E-state index contributed by atoms with van der Waals surface area (Å²) in [6, 6.07) is 24.1. The molecule has 36 heteroatoms. The van der Waals surface area contributed by atoms with Crippen molar-refractivity contribution in [3.8, 4) is 11.5 Å². The Kier molecular flexibility index (Phi) is 35.9. The number of carboxylic acids is 1. The van der Waals surface area contributed by atoms with E-state index in [0.29, 0.717) is 57.1 Å². The molecular formula is C93H116N16O19S. The molecule has 0 saturated carbocycles. The van der Waals surface area contributed by atoms with Gasteiger partial charge in [0.15, 0.2) is 0 Å². The number of aromatic hydroxyl groups is 2. The van der Waals surface area contributed by atoms with Crippen molar-refractivity contribution >= 4 is 123 Å². The lowest BCUT2D eigenvalue weighted by atomic mass is 9.95. The van der Waals surface area contributed by atoms with E-state index in [1.54, 1.807) is 143 Å². The number of aromatic nitrogens is 1. The van der Waals surface area contributed by atoms with Crippen molar-refractivity contribution in [3.63, 3.8) is 0 Å². The van der Waals surface area contributed by atoms with Crippen LogP contribution in [0.25, 0.3) is 10.9 Å². The zero-order valence-corrected chi connectivity index (χ0v) is 74.7. The molecule has 0 radical (unpaired) electrons. The number of nitrogens with two attached hydrogens (primary N) is 1. The standard InChI is InChI=1S/C93H116N16O19S/c1-11-12-27-73-91(126)105(7)49-78(113)98-69(46-81(116)117)87(122)104-82(54(4)5)93(128)107(9)75(41-56-21-15-13-16-22-56)88(123)102-71-43-60-34-37-63(111)45-74(60)109(90(71)125)50-79(114)97-68(44-61-47-95-65-26-20-19-25-64(61)65)86(121)101-67(39-59-32-35-62(110)36-33-59)85(120)100-66(38-53(2)3)84(119)103-72(83(118)96-48-77(94)112)51-129-52-80(115)99-70(40-58-30-28-55(6)29-31-58)89(124)108(10)76(92(127)106(73)8)42-57-23-17-14-18-24-57/h13-26,28-37,45,47,53-54,66-73,75-76,82,95,110-111H,11-12,27,38-44,46,48-52H2,1-10H3,(H2,94,112)(H,96,118)(H,97,114)(H,98,113)(H,99,115)(H,100,120)(H,101,121)(H,102,123)(H,103,119)(H,104,122)(H,116,117)/t66-,67-,68-,69-,70-,71-,72-,73-,75-,76-,82-/m0/s1. The number of aryl methyl sites for hydroxylation is 1. The van der Waals surface area contributed by atoms with E-state index in [2.05, 4.69) is 52.8 Å². The van der Waals surface area contributed by atoms with Crippen LogP contribution in [0.15, 0.2) is 158 Å². The molecule has 6 aromatic carbocycles. The van der Waals surface area contributed by atoms with Gasteiger partial charge in [-0.15, -0.1) is 11.8 Å². The summed E-state index contributed by atoms with van der Waals surface area (Å²) in [6.45, 7) is 7.95. The van der Waals surface area contributed by atoms with Gasteiger partial charge in [0.05, 0.1) is 31.0 Å². The lowest BCUT2D eigenvalue weighted by Gasteiger charge is -2.37. The fourth-order valence-corrected chi connectivity index (χ4v) is 16.3. The number of fused-ring (bicyclic) bond motifs is 5. The summed E-state index contributed by atoms with van der Waals surface area (Å²) >= 11 is 0.829. The van der Waals surface area contributed by atoms with Gasteiger partial charge in [-0.25, -0.2) is 0 Å². The first kappa shape index (κ1) is 99.1. The van der Waals surface area contributed by atoms with Crippen molar-refractivity contribution < 1.29 is 92.0 Å². The Bertz CT molecular complexity index is 5190. The van der Waals surface area contributed by atoms with Crippen molar-refractivity contribution in [2.24, 2.45) is 17.6 Å². The number of nitrogens with zero attached hydrogens (tertiary/aromatic N) is 5. The smallest absolute Gasteiger partial charge is 0.305 e. The molecule has 7 aromatic rings. The number of unbranched alkanes of at least 4 members (excludes halogenated alkanes) is 1. The predicted molar refractivity (Wildman–Crippen MR) is 482 cm³/mol. The van der Waals surface area contributed by atoms with E-state index in [0.717, 1.165) is 32.0 Å². The van der Waals surface area contributed by atoms with Crippen LogP contribution in [0.5, 0.6) is 11.5 Å². The number of phenols is 2. The molecule has 3 heterocycles. The lowest BCUT2D eigenvalue weighted by Crippen LogP contribution is -2.62. The van der Waals surface area contributed by atoms with Crippen LogP contribution >= 0.6 is 11.8 Å². The van der Waals surface area contributed by atoms with Crippen LogP contribution in [0.4, 0.5) is 5.69 Å². The molecule has 0 aliphatic carbocycles. The Morgan fingerprint density at radius 1 is 0.519 bits per heavy atom. The molecule has 15 amide bonds. The highest BCUT2D eigenvalue weighted by Crippen LogP contribution is 2.33. The molecule has 2 aliphatic rings. The maximum atomic E-state index is 15.6. The molecule has 1 fully saturated rings. The molecule has 15 N–H and O–H groups in total. The quantitative estimate of drug-likeness (QED) is 0.0491. The van der Waals surface area contributed by atoms with Gasteiger partial charge in [0, 0.05) is 95.6 Å². The number of primary amides is 1. The highest BCUT2D eigenvalue weighted by Gasteiger charge is 2.44. The van der Waals surface area contributed by atoms with Crippen LogP contribution in [-0.2, 0) is 115 Å². The number of anilines is 1. The zero-order valence-electron chi connectivity index (χ0n) is 73.9. The van der Waals surface area contributed by atoms with Crippen molar-refractivity contribution in [2.45, 2.75) is 179 Å². The molecule has 0 unspecified atom stereocenters. The van der Waals surface area contributed by atoms with Gasteiger partial charge in [-0.1, -0.05) is 174 Å². The summed E-state index contributed by atoms with van der Waals surface area (Å²) < 4.78 is 0. The Balaban J connectivity index is 1.12. The van der Waals surface area contributed by atoms with E-state index in [1.165, 1.54) is 80.5 Å². The fourth-order valence-electron chi connectivity index (χ4n) is 15.4. The number of nitrogens with one attached hydrogen (secondary N) is 10. The molecular weight excluding hydrogens is 1680 g/mol. The number of thioether (sulfide) groups is 1. The van der Waals surface area contributed by atoms with E-state index in [1.807, 2.05) is 13.8 Å². The molecule has 2 aliphatic heterocycles. The summed E-state index contributed by atoms with van der Waals surface area (Å²) in [6.07, 6.45) is 0.127. The minimum absolute atomic E-state index is 0.0314. The minimum atomic E-state index is -1.90. The van der Waals surface area contributed by atoms with Crippen LogP contribution in [0, 0.1) is 18.8 Å². The number of H-pyrrole nitrogens is 1. The van der Waals surface area contributed by atoms with Crippen LogP contribution in [0.1, 0.15) is 106 Å². The van der Waals surface area contributed by atoms with E-state index >= 15 is 47.9 Å². The van der Waals surface area contributed by atoms with Crippen molar-refractivity contribution in [2.75, 3.05) is 64.2 Å². The van der Waals surface area contributed by atoms with Crippen molar-refractivity contribution in [1.82, 2.24) is 72.4 Å². The third-order valence-corrected chi connectivity index (χ3v) is 23.6. The summed E-state index contributed by atoms with van der Waals surface area (Å²) in [5.74, 6) is -17.7. The van der Waals surface area contributed by atoms with Gasteiger partial charge in [0.2, 0.25) is 88.6 Å². The van der Waals surface area contributed by atoms with Crippen LogP contribution in [0.3, 0.4) is 0 Å². The highest BCUT2D eigenvalue weighted by atomic mass is 32.2. The Morgan fingerprint density at radius 2 is 1.05 bits per heavy atom. The zero-order chi connectivity index (χ0) is 94.0. The first-order valence-corrected chi connectivity index (χ1v) is 43.9. The average molecular weight is 1790 g/mol. The second kappa shape index (κ2) is 46.7. The first-order chi connectivity index (χ1) is 61.4. The predicted octanol–water partition coefficient (Wildman–Crippen LogP) is 2.52. The van der Waals surface area contributed by atoms with E-state index in [9.17, 15) is 44.1 Å². The molecule has 129 heavy (non-hydrogen) atoms. The van der Waals surface area contributed by atoms with Gasteiger partial charge < -0.3 is 98.4 Å². The molecule has 1 aromatic heterocycles. The first-order valence-electron chi connectivity index (χ1n) is 42.8. The summed E-state index contributed by atoms with van der Waals surface area (Å²) in [5.41, 5.74) is 9.97. The number of carbonyl (C=O) groups is 16. The van der Waals surface area contributed by atoms with Gasteiger partial charge in [-0.2, -0.15) is 0 Å². The van der Waals surface area contributed by atoms with Crippen LogP contribution < -0.4 is 58.5 Å². The Hall–Kier alpha value is -13.7. The molecule has 9 rings (SSSR count). The van der Waals surface area contributed by atoms with Gasteiger partial charge in [0.1, 0.15) is 84.5 Å². The van der Waals surface area contributed by atoms with Crippen molar-refractivity contribution in [3.05, 3.63) is 197 Å². The number of aliphatic carboxylic acids is 1. The number of rotatable bonds is 21. The number of hydrogen-bond donors (Lipinski definition) is 14. The van der Waals surface area contributed by atoms with E-state index in [-0.39, 0.29) is 80.2 Å². The summed E-state index contributed by atoms with van der Waals surface area (Å²) in [5, 5.41) is 56.3. The van der Waals surface area contributed by atoms with Gasteiger partial charge in [-0.3, -0.25) is 76.7 Å². The molecule has 1 saturated heterocycles. The summed E-state index contributed by atoms with van der Waals surface area (Å²) in [4.78, 5) is 244. The number of carbonyl (C=O) groups excluding carboxylic acids is 15. The fraction of sp³-hybridized carbons (Fsp3) is 0.419. The average Bonchev–Trinajstić information content (AvgIpc) is 1.17. The maximum Gasteiger partial charge on any atom is 0.305 e. The largest absolute Gasteiger partial charge is 0.508 e. The third kappa shape index (κ3) is 28.2. The van der Waals surface area contributed by atoms with E-state index < -0.39 is 199 Å². The number of amides is 15. The van der Waals surface area contributed by atoms with Gasteiger partial charge in [0.25, 0.3) is 0 Å². The number of likely N-dealkylation sites (N-methyl/N-ethyl adjacent to an activating group) is 4. The number of aromatic amines is 1. The number of para-hydroxylation sites is 1. The van der Waals surface area contributed by atoms with Crippen LogP contribution in [-0.4, -0.2) is 260 Å². The normalized spacial score (nSPS) is 22.2. The highest BCUT2D eigenvalue weighted by molar-refractivity contribution is 8.00. The SMILES string of the molecule is CCCC[C@H]1C(=O)N(C)CC(=O)N[C@@H](CC(=O)O)C(=O)N[C@@H](C(C)C)C(=O)N(C)[C@@H](Cc2ccccc2)C(=O)N[C@H]2Cc3ccc(O)cc3N(CC(=O)N[C@@H](Cc3c[nH]c4ccccc34)C(=O)N[C@@H](Cc3ccc(O)cc3)C(=O)N[C@@H](CC(C)C)C(=O)N[C@H](C(=O)NCC(N)=O)CSCC(=O)N[C@@H](Cc3ccc(C)cc3)C(=O)N(C)[C@@H](Cc3ccccc3)C(=O)N1C)C2=O. The van der Waals surface area contributed by atoms with Crippen LogP contribution in [0.2, 0.25) is 0 Å². The number of phenolic OH excluding ortho intramolecular Hbond substituents is 2. The number of carboxylic acid groups (broad SMARTS) is 1. The van der Waals surface area contributed by atoms with Gasteiger partial charge >= 0.3 is 5.97 Å². The molecule has 11 atom stereocenters. The minimum Gasteiger partial charge on any atom is -0.508 e. The maximum absolute atomic E-state index is 15.6. The van der Waals surface area contributed by atoms with E-state index in [4.69, 9.17) is 5.73 Å². The second-order valence-corrected chi connectivity index (χ2v) is 34.5. The van der Waals surface area contributed by atoms with Crippen molar-refractivity contribution in [1.29, 1.82) is 0 Å². The van der Waals surface area contributed by atoms with Gasteiger partial charge in [-0.05, 0) is 89.2 Å². The lowest BCUT2D eigenvalue weighted by molar-refractivity contribution is -0.151. The Morgan fingerprint density at radius 3 is 1.67 bits per heavy atom. The molecule has 35 nitrogen and oxygen atoms in total. The molecule has 688 valence electrons. The number of hydrogen-bond acceptors (Lipinski definition) is 19. The number of benzene rings is 6. The molecule has 2 bridgehead atoms. The molecule has 0 spiro atoms. The monoisotopic (exact) mass is 1790 g/mol. The third-order valence-electron chi connectivity index (χ3n) is 22.6. The second-order valence-electron chi connectivity index (χ2n) is 33.4.